The van der Waals surface area contributed by atoms with Crippen molar-refractivity contribution in [3.05, 3.63) is 65.9 Å². The zero-order chi connectivity index (χ0) is 23.6. The second-order valence-corrected chi connectivity index (χ2v) is 9.28. The van der Waals surface area contributed by atoms with E-state index in [4.69, 9.17) is 19.3 Å². The summed E-state index contributed by atoms with van der Waals surface area (Å²) in [5, 5.41) is 4.89. The summed E-state index contributed by atoms with van der Waals surface area (Å²) in [5.74, 6) is 0.780. The van der Waals surface area contributed by atoms with Crippen LogP contribution in [0, 0.1) is 0 Å². The van der Waals surface area contributed by atoms with E-state index in [1.54, 1.807) is 13.8 Å². The average molecular weight is 449 g/mol. The van der Waals surface area contributed by atoms with E-state index in [0.717, 1.165) is 41.2 Å². The maximum atomic E-state index is 12.0. The first-order valence-electron chi connectivity index (χ1n) is 11.5. The normalized spacial score (nSPS) is 13.9. The number of para-hydroxylation sites is 1. The highest BCUT2D eigenvalue weighted by Crippen LogP contribution is 2.33. The molecule has 1 heterocycles. The number of rotatable bonds is 9. The standard InChI is InChI=1S/C27H32N2O4/c1-18(2)23-11-6-7-12-24(23)29-25(19-9-8-10-22(15-19)33-21-13-14-21)16-20(28-29)17-32-27(3,4)26(30)31-5/h6-12,15-16,18,21H,13-14,17H2,1-5H3. The summed E-state index contributed by atoms with van der Waals surface area (Å²) in [7, 11) is 1.36. The lowest BCUT2D eigenvalue weighted by Gasteiger charge is -2.21. The minimum absolute atomic E-state index is 0.185. The third-order valence-electron chi connectivity index (χ3n) is 5.76. The predicted octanol–water partition coefficient (Wildman–Crippen LogP) is 5.67. The van der Waals surface area contributed by atoms with Crippen LogP contribution in [0.25, 0.3) is 16.9 Å². The SMILES string of the molecule is COC(=O)C(C)(C)OCc1cc(-c2cccc(OC3CC3)c2)n(-c2ccccc2C(C)C)n1. The summed E-state index contributed by atoms with van der Waals surface area (Å²) in [6.45, 7) is 7.93. The number of esters is 1. The van der Waals surface area contributed by atoms with E-state index in [-0.39, 0.29) is 6.61 Å². The Labute approximate surface area is 195 Å². The van der Waals surface area contributed by atoms with Gasteiger partial charge in [0.05, 0.1) is 36.9 Å². The molecule has 174 valence electrons. The number of carbonyl (C=O) groups is 1. The van der Waals surface area contributed by atoms with Gasteiger partial charge in [0.1, 0.15) is 5.75 Å². The first-order valence-corrected chi connectivity index (χ1v) is 11.5. The van der Waals surface area contributed by atoms with Crippen molar-refractivity contribution in [2.24, 2.45) is 0 Å². The molecule has 0 unspecified atom stereocenters. The van der Waals surface area contributed by atoms with Gasteiger partial charge < -0.3 is 14.2 Å². The molecule has 0 aliphatic heterocycles. The first kappa shape index (κ1) is 23.1. The predicted molar refractivity (Wildman–Crippen MR) is 128 cm³/mol. The molecule has 1 aliphatic carbocycles. The van der Waals surface area contributed by atoms with Crippen molar-refractivity contribution >= 4 is 5.97 Å². The lowest BCUT2D eigenvalue weighted by atomic mass is 10.0. The maximum Gasteiger partial charge on any atom is 0.337 e. The summed E-state index contributed by atoms with van der Waals surface area (Å²) >= 11 is 0. The third-order valence-corrected chi connectivity index (χ3v) is 5.76. The molecule has 3 aromatic rings. The molecule has 0 N–H and O–H groups in total. The van der Waals surface area contributed by atoms with Crippen LogP contribution in [0.4, 0.5) is 0 Å². The molecule has 1 aliphatic rings. The van der Waals surface area contributed by atoms with Gasteiger partial charge in [-0.2, -0.15) is 5.10 Å². The Balaban J connectivity index is 1.74. The van der Waals surface area contributed by atoms with E-state index in [1.807, 2.05) is 28.9 Å². The molecule has 6 heteroatoms. The van der Waals surface area contributed by atoms with E-state index in [2.05, 4.69) is 44.2 Å². The van der Waals surface area contributed by atoms with Crippen molar-refractivity contribution in [1.82, 2.24) is 9.78 Å². The minimum Gasteiger partial charge on any atom is -0.490 e. The lowest BCUT2D eigenvalue weighted by molar-refractivity contribution is -0.166. The average Bonchev–Trinajstić information content (AvgIpc) is 3.52. The zero-order valence-corrected chi connectivity index (χ0v) is 20.0. The van der Waals surface area contributed by atoms with Gasteiger partial charge in [-0.15, -0.1) is 0 Å². The van der Waals surface area contributed by atoms with E-state index < -0.39 is 11.6 Å². The highest BCUT2D eigenvalue weighted by Gasteiger charge is 2.30. The number of ether oxygens (including phenoxy) is 3. The highest BCUT2D eigenvalue weighted by atomic mass is 16.6. The molecule has 1 aromatic heterocycles. The minimum atomic E-state index is -1.06. The van der Waals surface area contributed by atoms with Gasteiger partial charge in [0, 0.05) is 5.56 Å². The van der Waals surface area contributed by atoms with Gasteiger partial charge in [-0.3, -0.25) is 0 Å². The Morgan fingerprint density at radius 1 is 1.12 bits per heavy atom. The molecule has 0 amide bonds. The maximum absolute atomic E-state index is 12.0. The Morgan fingerprint density at radius 2 is 1.88 bits per heavy atom. The van der Waals surface area contributed by atoms with Gasteiger partial charge in [-0.1, -0.05) is 44.2 Å². The molecule has 33 heavy (non-hydrogen) atoms. The molecule has 0 radical (unpaired) electrons. The van der Waals surface area contributed by atoms with Gasteiger partial charge >= 0.3 is 5.97 Å². The van der Waals surface area contributed by atoms with Gasteiger partial charge in [0.2, 0.25) is 0 Å². The Hall–Kier alpha value is -3.12. The largest absolute Gasteiger partial charge is 0.490 e. The van der Waals surface area contributed by atoms with Gasteiger partial charge in [-0.25, -0.2) is 9.48 Å². The smallest absolute Gasteiger partial charge is 0.337 e. The molecule has 0 atom stereocenters. The van der Waals surface area contributed by atoms with E-state index in [9.17, 15) is 4.79 Å². The molecule has 1 fully saturated rings. The molecule has 0 bridgehead atoms. The van der Waals surface area contributed by atoms with Crippen molar-refractivity contribution in [1.29, 1.82) is 0 Å². The quantitative estimate of drug-likeness (QED) is 0.395. The number of methoxy groups -OCH3 is 1. The van der Waals surface area contributed by atoms with Crippen molar-refractivity contribution in [3.8, 4) is 22.7 Å². The highest BCUT2D eigenvalue weighted by molar-refractivity contribution is 5.78. The Morgan fingerprint density at radius 3 is 2.58 bits per heavy atom. The number of benzene rings is 2. The number of hydrogen-bond acceptors (Lipinski definition) is 5. The van der Waals surface area contributed by atoms with Gasteiger partial charge in [0.15, 0.2) is 5.60 Å². The van der Waals surface area contributed by atoms with E-state index in [0.29, 0.717) is 12.0 Å². The Kier molecular flexibility index (Phi) is 6.56. The summed E-state index contributed by atoms with van der Waals surface area (Å²) in [4.78, 5) is 12.0. The molecule has 2 aromatic carbocycles. The van der Waals surface area contributed by atoms with Crippen molar-refractivity contribution in [3.63, 3.8) is 0 Å². The summed E-state index contributed by atoms with van der Waals surface area (Å²) in [6.07, 6.45) is 2.55. The first-order chi connectivity index (χ1) is 15.8. The molecule has 1 saturated carbocycles. The van der Waals surface area contributed by atoms with Crippen LogP contribution in [-0.2, 0) is 20.9 Å². The second-order valence-electron chi connectivity index (χ2n) is 9.28. The number of aromatic nitrogens is 2. The molecule has 6 nitrogen and oxygen atoms in total. The van der Waals surface area contributed by atoms with Crippen LogP contribution in [0.1, 0.15) is 57.7 Å². The van der Waals surface area contributed by atoms with Crippen molar-refractivity contribution < 1.29 is 19.0 Å². The van der Waals surface area contributed by atoms with Crippen molar-refractivity contribution in [2.75, 3.05) is 7.11 Å². The zero-order valence-electron chi connectivity index (χ0n) is 20.0. The number of carbonyl (C=O) groups excluding carboxylic acids is 1. The van der Waals surface area contributed by atoms with Crippen LogP contribution in [0.15, 0.2) is 54.6 Å². The van der Waals surface area contributed by atoms with Crippen LogP contribution in [0.2, 0.25) is 0 Å². The Bertz CT molecular complexity index is 1130. The number of hydrogen-bond donors (Lipinski definition) is 0. The van der Waals surface area contributed by atoms with Crippen LogP contribution in [0.5, 0.6) is 5.75 Å². The molecular formula is C27H32N2O4. The van der Waals surface area contributed by atoms with Gasteiger partial charge in [-0.05, 0) is 62.4 Å². The van der Waals surface area contributed by atoms with Crippen molar-refractivity contribution in [2.45, 2.75) is 64.8 Å². The van der Waals surface area contributed by atoms with Crippen LogP contribution >= 0.6 is 0 Å². The summed E-state index contributed by atoms with van der Waals surface area (Å²) in [5.41, 5.74) is 3.85. The van der Waals surface area contributed by atoms with E-state index in [1.165, 1.54) is 12.7 Å². The third kappa shape index (κ3) is 5.28. The fraction of sp³-hybridized carbons (Fsp3) is 0.407. The van der Waals surface area contributed by atoms with E-state index >= 15 is 0 Å². The molecular weight excluding hydrogens is 416 g/mol. The summed E-state index contributed by atoms with van der Waals surface area (Å²) in [6, 6.07) is 18.4. The van der Waals surface area contributed by atoms with Gasteiger partial charge in [0.25, 0.3) is 0 Å². The second kappa shape index (κ2) is 9.40. The lowest BCUT2D eigenvalue weighted by Crippen LogP contribution is -2.35. The fourth-order valence-corrected chi connectivity index (χ4v) is 3.72. The molecule has 4 rings (SSSR count). The number of nitrogens with zero attached hydrogens (tertiary/aromatic N) is 2. The molecule has 0 saturated heterocycles. The summed E-state index contributed by atoms with van der Waals surface area (Å²) < 4.78 is 18.7. The van der Waals surface area contributed by atoms with Crippen LogP contribution in [-0.4, -0.2) is 34.6 Å². The van der Waals surface area contributed by atoms with Crippen LogP contribution < -0.4 is 4.74 Å². The topological polar surface area (TPSA) is 62.6 Å². The van der Waals surface area contributed by atoms with Crippen LogP contribution in [0.3, 0.4) is 0 Å². The molecule has 0 spiro atoms. The fourth-order valence-electron chi connectivity index (χ4n) is 3.72. The monoisotopic (exact) mass is 448 g/mol.